The summed E-state index contributed by atoms with van der Waals surface area (Å²) in [6.07, 6.45) is 0. The van der Waals surface area contributed by atoms with E-state index in [0.717, 1.165) is 28.0 Å². The van der Waals surface area contributed by atoms with E-state index in [9.17, 15) is 0 Å². The Hall–Kier alpha value is -2.69. The van der Waals surface area contributed by atoms with Crippen molar-refractivity contribution in [3.8, 4) is 17.2 Å². The summed E-state index contributed by atoms with van der Waals surface area (Å²) in [5.41, 5.74) is 1.24. The van der Waals surface area contributed by atoms with Gasteiger partial charge in [-0.05, 0) is 72.9 Å². The van der Waals surface area contributed by atoms with Crippen LogP contribution < -0.4 is 13.6 Å². The van der Waals surface area contributed by atoms with E-state index in [1.54, 1.807) is 0 Å². The Bertz CT molecular complexity index is 2590. The third-order valence-corrected chi connectivity index (χ3v) is 20.0. The first-order chi connectivity index (χ1) is 27.2. The van der Waals surface area contributed by atoms with Crippen molar-refractivity contribution in [2.45, 2.75) is 182 Å². The maximum absolute atomic E-state index is 7.41. The molecule has 0 fully saturated rings. The molecule has 0 aliphatic rings. The predicted molar refractivity (Wildman–Crippen MR) is 274 cm³/mol. The van der Waals surface area contributed by atoms with Crippen LogP contribution in [0.1, 0.15) is 151 Å². The van der Waals surface area contributed by atoms with Crippen LogP contribution in [0.3, 0.4) is 0 Å². The van der Waals surface area contributed by atoms with Gasteiger partial charge in [-0.15, -0.1) is 0 Å². The van der Waals surface area contributed by atoms with Gasteiger partial charge in [-0.3, -0.25) is 0 Å². The van der Waals surface area contributed by atoms with Crippen molar-refractivity contribution in [1.82, 2.24) is 0 Å². The molecule has 0 atom stereocenters. The largest absolute Gasteiger partial charge is 0.472 e. The van der Waals surface area contributed by atoms with E-state index in [0.29, 0.717) is 0 Å². The highest BCUT2D eigenvalue weighted by atomic mass is 31.1. The molecule has 7 aromatic rings. The lowest BCUT2D eigenvalue weighted by molar-refractivity contribution is 0.522. The Labute approximate surface area is 366 Å². The second-order valence-corrected chi connectivity index (χ2v) is 34.7. The summed E-state index contributed by atoms with van der Waals surface area (Å²) in [4.78, 5) is 0. The first-order valence-electron chi connectivity index (χ1n) is 22.0. The maximum Gasteiger partial charge on any atom is 0.134 e. The lowest BCUT2D eigenvalue weighted by Gasteiger charge is -2.41. The third kappa shape index (κ3) is 7.94. The van der Waals surface area contributed by atoms with Crippen molar-refractivity contribution in [3.63, 3.8) is 0 Å². The lowest BCUT2D eigenvalue weighted by atomic mass is 9.79. The van der Waals surface area contributed by atoms with E-state index in [-0.39, 0.29) is 36.4 Å². The van der Waals surface area contributed by atoms with Gasteiger partial charge in [-0.2, -0.15) is 0 Å². The lowest BCUT2D eigenvalue weighted by Crippen LogP contribution is -2.28. The minimum atomic E-state index is -0.890. The fraction of sp³-hybridized carbons (Fsp3) is 0.519. The Morgan fingerprint density at radius 2 is 0.500 bits per heavy atom. The summed E-state index contributed by atoms with van der Waals surface area (Å²) in [6, 6.07) is 23.5. The van der Waals surface area contributed by atoms with Gasteiger partial charge in [-0.25, -0.2) is 0 Å². The SMILES string of the molecule is CC(C)(C)c1cc(OP(C(C)(C)C)C(C)(C)C)c2ccc3c4ccc5c(OP(C(C)(C)C)C(C)(C)C)cc(OP(C(C)(C)C)C(C)(C)C)c6ccc(c7ccc1c2c37)c4c56. The van der Waals surface area contributed by atoms with Gasteiger partial charge in [0.15, 0.2) is 0 Å². The van der Waals surface area contributed by atoms with Gasteiger partial charge < -0.3 is 13.6 Å². The van der Waals surface area contributed by atoms with Gasteiger partial charge in [0.1, 0.15) is 17.2 Å². The quantitative estimate of drug-likeness (QED) is 0.0947. The van der Waals surface area contributed by atoms with Crippen LogP contribution >= 0.6 is 24.4 Å². The zero-order chi connectivity index (χ0) is 44.7. The van der Waals surface area contributed by atoms with Crippen LogP contribution in [0.15, 0.2) is 60.7 Å². The Morgan fingerprint density at radius 1 is 0.283 bits per heavy atom. The molecule has 0 amide bonds. The van der Waals surface area contributed by atoms with E-state index in [2.05, 4.69) is 206 Å². The molecule has 0 unspecified atom stereocenters. The van der Waals surface area contributed by atoms with Crippen molar-refractivity contribution in [2.24, 2.45) is 0 Å². The first-order valence-corrected chi connectivity index (χ1v) is 25.8. The fourth-order valence-corrected chi connectivity index (χ4v) is 19.0. The topological polar surface area (TPSA) is 27.7 Å². The zero-order valence-electron chi connectivity index (χ0n) is 40.8. The third-order valence-electron chi connectivity index (χ3n) is 11.6. The van der Waals surface area contributed by atoms with Crippen molar-refractivity contribution >= 4 is 89.1 Å². The summed E-state index contributed by atoms with van der Waals surface area (Å²) >= 11 is 0. The van der Waals surface area contributed by atoms with Crippen LogP contribution in [0.25, 0.3) is 64.6 Å². The summed E-state index contributed by atoms with van der Waals surface area (Å²) in [6.45, 7) is 48.9. The smallest absolute Gasteiger partial charge is 0.134 e. The standard InChI is InChI=1S/C54H73O3P3/c1-48(2,3)40-30-41(55-58(49(4,5)6)50(7,8)9)37-27-23-33-35-25-29-39-43(57-60(53(16,17)18)54(19,20)21)31-42(56-59(51(10,11)12)52(13,14)15)38-28-24-34(45(35)47(38)39)32-22-26-36(40)46(37)44(32)33/h22-31H,1-21H3. The molecule has 322 valence electrons. The van der Waals surface area contributed by atoms with Crippen molar-refractivity contribution in [2.75, 3.05) is 0 Å². The van der Waals surface area contributed by atoms with Crippen molar-refractivity contribution < 1.29 is 13.6 Å². The molecule has 0 aliphatic carbocycles. The molecular formula is C54H73O3P3. The molecule has 7 rings (SSSR count). The number of benzene rings is 7. The van der Waals surface area contributed by atoms with Gasteiger partial charge in [0.2, 0.25) is 0 Å². The second-order valence-electron chi connectivity index (χ2n) is 24.4. The minimum Gasteiger partial charge on any atom is -0.472 e. The molecule has 6 heteroatoms. The van der Waals surface area contributed by atoms with E-state index >= 15 is 0 Å². The van der Waals surface area contributed by atoms with Crippen LogP contribution in [0, 0.1) is 0 Å². The highest BCUT2D eigenvalue weighted by molar-refractivity contribution is 7.57. The molecule has 0 aliphatic heterocycles. The Kier molecular flexibility index (Phi) is 10.9. The predicted octanol–water partition coefficient (Wildman–Crippen LogP) is 18.9. The summed E-state index contributed by atoms with van der Waals surface area (Å²) in [7, 11) is -2.61. The first kappa shape index (κ1) is 45.3. The average Bonchev–Trinajstić information content (AvgIpc) is 3.07. The Morgan fingerprint density at radius 3 is 0.767 bits per heavy atom. The van der Waals surface area contributed by atoms with Gasteiger partial charge >= 0.3 is 0 Å². The van der Waals surface area contributed by atoms with Crippen LogP contribution in [0.5, 0.6) is 17.2 Å². The molecule has 0 spiro atoms. The van der Waals surface area contributed by atoms with Crippen molar-refractivity contribution in [1.29, 1.82) is 0 Å². The number of fused-ring (bicyclic) bond motifs is 2. The zero-order valence-corrected chi connectivity index (χ0v) is 43.5. The van der Waals surface area contributed by atoms with Gasteiger partial charge in [0.25, 0.3) is 0 Å². The molecule has 60 heavy (non-hydrogen) atoms. The molecule has 3 nitrogen and oxygen atoms in total. The molecule has 0 saturated heterocycles. The molecule has 0 radical (unpaired) electrons. The van der Waals surface area contributed by atoms with E-state index in [4.69, 9.17) is 13.6 Å². The summed E-state index contributed by atoms with van der Waals surface area (Å²) in [5, 5.41) is 15.0. The molecule has 0 heterocycles. The minimum absolute atomic E-state index is 0.0103. The molecule has 0 bridgehead atoms. The monoisotopic (exact) mass is 862 g/mol. The van der Waals surface area contributed by atoms with Crippen LogP contribution in [-0.2, 0) is 5.41 Å². The van der Waals surface area contributed by atoms with Gasteiger partial charge in [-0.1, -0.05) is 176 Å². The Balaban J connectivity index is 1.61. The normalized spacial score (nSPS) is 14.5. The van der Waals surface area contributed by atoms with E-state index in [1.807, 2.05) is 0 Å². The number of hydrogen-bond acceptors (Lipinski definition) is 3. The highest BCUT2D eigenvalue weighted by Crippen LogP contribution is 2.65. The fourth-order valence-electron chi connectivity index (χ4n) is 10.3. The average molecular weight is 863 g/mol. The van der Waals surface area contributed by atoms with E-state index < -0.39 is 24.4 Å². The molecule has 0 aromatic heterocycles. The second kappa shape index (κ2) is 14.4. The van der Waals surface area contributed by atoms with E-state index in [1.165, 1.54) is 59.4 Å². The van der Waals surface area contributed by atoms with Crippen molar-refractivity contribution in [3.05, 3.63) is 66.2 Å². The van der Waals surface area contributed by atoms with Gasteiger partial charge in [0.05, 0.1) is 24.4 Å². The summed E-state index contributed by atoms with van der Waals surface area (Å²) < 4.78 is 22.2. The molecular weight excluding hydrogens is 790 g/mol. The summed E-state index contributed by atoms with van der Waals surface area (Å²) in [5.74, 6) is 2.86. The molecule has 7 aromatic carbocycles. The molecule has 0 N–H and O–H groups in total. The number of hydrogen-bond donors (Lipinski definition) is 0. The maximum atomic E-state index is 7.41. The highest BCUT2D eigenvalue weighted by Gasteiger charge is 2.41. The van der Waals surface area contributed by atoms with Crippen LogP contribution in [0.2, 0.25) is 0 Å². The van der Waals surface area contributed by atoms with Crippen LogP contribution in [0.4, 0.5) is 0 Å². The number of rotatable bonds is 6. The van der Waals surface area contributed by atoms with Gasteiger partial charge in [0, 0.05) is 63.9 Å². The van der Waals surface area contributed by atoms with Crippen LogP contribution in [-0.4, -0.2) is 30.9 Å². The molecule has 0 saturated carbocycles.